The van der Waals surface area contributed by atoms with Crippen LogP contribution in [0, 0.1) is 26.6 Å². The van der Waals surface area contributed by atoms with E-state index in [1.165, 1.54) is 0 Å². The lowest BCUT2D eigenvalue weighted by Crippen LogP contribution is -1.88. The maximum absolute atomic E-state index is 12.9. The summed E-state index contributed by atoms with van der Waals surface area (Å²) in [5, 5.41) is 0. The van der Waals surface area contributed by atoms with Crippen LogP contribution in [-0.4, -0.2) is 0 Å². The number of hydrogen-bond acceptors (Lipinski definition) is 0. The van der Waals surface area contributed by atoms with Gasteiger partial charge in [-0.3, -0.25) is 0 Å². The van der Waals surface area contributed by atoms with E-state index in [0.717, 1.165) is 16.7 Å². The maximum atomic E-state index is 12.9. The quantitative estimate of drug-likeness (QED) is 0.515. The highest BCUT2D eigenvalue weighted by Gasteiger charge is 2.00. The first kappa shape index (κ1) is 7.26. The minimum Gasteiger partial charge on any atom is -0.206 e. The van der Waals surface area contributed by atoms with Crippen molar-refractivity contribution in [3.05, 3.63) is 34.6 Å². The van der Waals surface area contributed by atoms with E-state index >= 15 is 0 Å². The Bertz CT molecular complexity index is 228. The molecule has 0 amide bonds. The van der Waals surface area contributed by atoms with E-state index in [1.807, 2.05) is 19.1 Å². The molecule has 0 atom stereocenters. The van der Waals surface area contributed by atoms with Crippen LogP contribution in [0.15, 0.2) is 12.1 Å². The van der Waals surface area contributed by atoms with Crippen LogP contribution in [0.4, 0.5) is 4.39 Å². The van der Waals surface area contributed by atoms with Crippen molar-refractivity contribution in [1.82, 2.24) is 0 Å². The summed E-state index contributed by atoms with van der Waals surface area (Å²) in [4.78, 5) is 0. The van der Waals surface area contributed by atoms with Crippen molar-refractivity contribution in [3.63, 3.8) is 0 Å². The van der Waals surface area contributed by atoms with E-state index in [9.17, 15) is 4.39 Å². The Morgan fingerprint density at radius 1 is 1.00 bits per heavy atom. The molecule has 0 saturated heterocycles. The average molecular weight is 137 g/mol. The molecule has 1 aromatic carbocycles. The molecule has 1 rings (SSSR count). The highest BCUT2D eigenvalue weighted by atomic mass is 18.2. The molecule has 0 unspecified atom stereocenters. The summed E-state index contributed by atoms with van der Waals surface area (Å²) in [6.45, 7) is 5.55. The van der Waals surface area contributed by atoms with Crippen molar-refractivity contribution in [2.75, 3.05) is 0 Å². The average Bonchev–Trinajstić information content (AvgIpc) is 1.82. The maximum Gasteiger partial charge on any atom is 0.129 e. The lowest BCUT2D eigenvalue weighted by molar-refractivity contribution is 0.608. The number of benzene rings is 1. The van der Waals surface area contributed by atoms with Gasteiger partial charge in [-0.25, -0.2) is 4.39 Å². The fraction of sp³-hybridized carbons (Fsp3) is 0.333. The zero-order valence-electron chi connectivity index (χ0n) is 6.53. The molecule has 0 aliphatic heterocycles. The van der Waals surface area contributed by atoms with Crippen molar-refractivity contribution in [1.29, 1.82) is 0 Å². The first-order chi connectivity index (χ1) is 4.61. The van der Waals surface area contributed by atoms with Gasteiger partial charge in [-0.1, -0.05) is 17.7 Å². The van der Waals surface area contributed by atoms with E-state index in [-0.39, 0.29) is 5.82 Å². The number of aryl methyl sites for hydroxylation is 3. The molecular formula is C9H11F. The molecule has 1 heteroatoms. The van der Waals surface area contributed by atoms with E-state index in [2.05, 4.69) is 0 Å². The van der Waals surface area contributed by atoms with Crippen molar-refractivity contribution in [2.45, 2.75) is 20.8 Å². The Balaban J connectivity index is 3.31. The van der Waals surface area contributed by atoms with Crippen molar-refractivity contribution in [2.24, 2.45) is 0 Å². The number of hydrogen-bond donors (Lipinski definition) is 0. The van der Waals surface area contributed by atoms with Gasteiger partial charge in [-0.05, 0) is 31.9 Å². The number of rotatable bonds is 0. The van der Waals surface area contributed by atoms with Crippen molar-refractivity contribution >= 4 is 0 Å². The van der Waals surface area contributed by atoms with Gasteiger partial charge in [-0.15, -0.1) is 0 Å². The highest BCUT2D eigenvalue weighted by molar-refractivity contribution is 5.29. The molecule has 0 saturated carbocycles. The summed E-state index contributed by atoms with van der Waals surface area (Å²) >= 11 is 0. The third kappa shape index (κ3) is 1.18. The second-order valence-electron chi connectivity index (χ2n) is 2.71. The van der Waals surface area contributed by atoms with Crippen LogP contribution >= 0.6 is 0 Å². The van der Waals surface area contributed by atoms with Gasteiger partial charge < -0.3 is 0 Å². The van der Waals surface area contributed by atoms with Crippen LogP contribution in [0.5, 0.6) is 0 Å². The topological polar surface area (TPSA) is 0 Å². The summed E-state index contributed by atoms with van der Waals surface area (Å²) in [5.74, 6) is -0.0781. The lowest BCUT2D eigenvalue weighted by Gasteiger charge is -2.01. The monoisotopic (exact) mass is 137 g/mol. The van der Waals surface area contributed by atoms with Crippen LogP contribution in [0.1, 0.15) is 16.7 Å². The standard InChI is InChI=1S/C9H11F/c1-6-4-7(2)9(10)8(3)5-6/h4-5H,1-3H3/i10-1. The molecule has 0 bridgehead atoms. The van der Waals surface area contributed by atoms with Crippen molar-refractivity contribution < 1.29 is 4.39 Å². The van der Waals surface area contributed by atoms with Crippen molar-refractivity contribution in [3.8, 4) is 0 Å². The summed E-state index contributed by atoms with van der Waals surface area (Å²) in [5.41, 5.74) is 2.59. The SMILES string of the molecule is Cc1cc(C)c([18F])c(C)c1. The molecule has 54 valence electrons. The van der Waals surface area contributed by atoms with Gasteiger partial charge in [0.25, 0.3) is 0 Å². The zero-order chi connectivity index (χ0) is 7.72. The fourth-order valence-corrected chi connectivity index (χ4v) is 1.16. The van der Waals surface area contributed by atoms with Gasteiger partial charge in [0, 0.05) is 0 Å². The van der Waals surface area contributed by atoms with Crippen LogP contribution in [0.3, 0.4) is 0 Å². The summed E-state index contributed by atoms with van der Waals surface area (Å²) in [6, 6.07) is 3.70. The molecule has 1 aromatic rings. The lowest BCUT2D eigenvalue weighted by atomic mass is 10.1. The van der Waals surface area contributed by atoms with Gasteiger partial charge in [0.15, 0.2) is 0 Å². The molecule has 10 heavy (non-hydrogen) atoms. The molecule has 0 spiro atoms. The number of halogens is 1. The van der Waals surface area contributed by atoms with E-state index in [0.29, 0.717) is 0 Å². The molecule has 0 nitrogen and oxygen atoms in total. The third-order valence-electron chi connectivity index (χ3n) is 1.58. The Kier molecular flexibility index (Phi) is 1.75. The van der Waals surface area contributed by atoms with Gasteiger partial charge in [0.2, 0.25) is 0 Å². The van der Waals surface area contributed by atoms with Crippen LogP contribution in [-0.2, 0) is 0 Å². The molecule has 0 fully saturated rings. The first-order valence-corrected chi connectivity index (χ1v) is 3.34. The normalized spacial score (nSPS) is 10.0. The predicted octanol–water partition coefficient (Wildman–Crippen LogP) is 2.75. The Morgan fingerprint density at radius 3 is 1.80 bits per heavy atom. The smallest absolute Gasteiger partial charge is 0.129 e. The molecule has 0 aliphatic rings. The van der Waals surface area contributed by atoms with E-state index in [4.69, 9.17) is 0 Å². The molecule has 0 aliphatic carbocycles. The Hall–Kier alpha value is -0.850. The Morgan fingerprint density at radius 2 is 1.40 bits per heavy atom. The van der Waals surface area contributed by atoms with Gasteiger partial charge >= 0.3 is 0 Å². The van der Waals surface area contributed by atoms with E-state index < -0.39 is 0 Å². The third-order valence-corrected chi connectivity index (χ3v) is 1.58. The van der Waals surface area contributed by atoms with Crippen LogP contribution in [0.25, 0.3) is 0 Å². The van der Waals surface area contributed by atoms with Gasteiger partial charge in [0.05, 0.1) is 0 Å². The predicted molar refractivity (Wildman–Crippen MR) is 40.6 cm³/mol. The highest BCUT2D eigenvalue weighted by Crippen LogP contribution is 2.13. The van der Waals surface area contributed by atoms with Crippen LogP contribution < -0.4 is 0 Å². The molecule has 0 aromatic heterocycles. The van der Waals surface area contributed by atoms with Gasteiger partial charge in [0.1, 0.15) is 5.82 Å². The second kappa shape index (κ2) is 2.41. The second-order valence-corrected chi connectivity index (χ2v) is 2.71. The largest absolute Gasteiger partial charge is 0.206 e. The molecule has 0 radical (unpaired) electrons. The zero-order valence-corrected chi connectivity index (χ0v) is 6.53. The molecular weight excluding hydrogens is 126 g/mol. The first-order valence-electron chi connectivity index (χ1n) is 3.34. The Labute approximate surface area is 60.7 Å². The van der Waals surface area contributed by atoms with Gasteiger partial charge in [-0.2, -0.15) is 0 Å². The summed E-state index contributed by atoms with van der Waals surface area (Å²) in [6.07, 6.45) is 0. The molecule has 0 N–H and O–H groups in total. The van der Waals surface area contributed by atoms with E-state index in [1.54, 1.807) is 13.8 Å². The minimum atomic E-state index is -0.0781. The van der Waals surface area contributed by atoms with Crippen LogP contribution in [0.2, 0.25) is 0 Å². The summed E-state index contributed by atoms with van der Waals surface area (Å²) < 4.78 is 12.9. The molecule has 0 heterocycles. The fourth-order valence-electron chi connectivity index (χ4n) is 1.16. The minimum absolute atomic E-state index is 0.0781. The summed E-state index contributed by atoms with van der Waals surface area (Å²) in [7, 11) is 0.